The van der Waals surface area contributed by atoms with E-state index in [1.54, 1.807) is 42.5 Å². The normalized spacial score (nSPS) is 14.1. The molecule has 0 fully saturated rings. The Morgan fingerprint density at radius 3 is 2.58 bits per heavy atom. The fraction of sp³-hybridized carbons (Fsp3) is 0.350. The van der Waals surface area contributed by atoms with Gasteiger partial charge < -0.3 is 19.8 Å². The Hall–Kier alpha value is -1.89. The van der Waals surface area contributed by atoms with Crippen molar-refractivity contribution < 1.29 is 19.7 Å². The number of hydrogen-bond acceptors (Lipinski definition) is 4. The van der Waals surface area contributed by atoms with E-state index in [1.807, 2.05) is 4.90 Å². The number of rotatable bonds is 6. The van der Waals surface area contributed by atoms with Crippen LogP contribution in [0.3, 0.4) is 0 Å². The Kier molecular flexibility index (Phi) is 5.37. The molecule has 0 saturated heterocycles. The lowest BCUT2D eigenvalue weighted by Crippen LogP contribution is -2.34. The Bertz CT molecular complexity index is 817. The van der Waals surface area contributed by atoms with Crippen LogP contribution in [0, 0.1) is 0 Å². The maximum atomic E-state index is 12.6. The van der Waals surface area contributed by atoms with E-state index in [0.29, 0.717) is 22.3 Å². The summed E-state index contributed by atoms with van der Waals surface area (Å²) in [5.74, 6) is -2.14. The summed E-state index contributed by atoms with van der Waals surface area (Å²) in [7, 11) is 0. The zero-order valence-electron chi connectivity index (χ0n) is 14.8. The summed E-state index contributed by atoms with van der Waals surface area (Å²) in [4.78, 5) is 14.5. The molecule has 0 aromatic heterocycles. The van der Waals surface area contributed by atoms with Crippen molar-refractivity contribution in [2.45, 2.75) is 45.2 Å². The van der Waals surface area contributed by atoms with Crippen molar-refractivity contribution in [1.82, 2.24) is 4.90 Å². The summed E-state index contributed by atoms with van der Waals surface area (Å²) in [5, 5.41) is 20.6. The van der Waals surface area contributed by atoms with E-state index in [0.717, 1.165) is 18.4 Å². The number of carbonyl (C=O) groups is 1. The molecule has 2 aromatic carbocycles. The molecule has 0 aliphatic carbocycles. The summed E-state index contributed by atoms with van der Waals surface area (Å²) in [5.41, 5.74) is 1.69. The van der Waals surface area contributed by atoms with Crippen LogP contribution in [0.5, 0.6) is 5.75 Å². The number of ether oxygens (including phenoxy) is 1. The minimum atomic E-state index is -2.46. The van der Waals surface area contributed by atoms with Gasteiger partial charge in [0.25, 0.3) is 5.91 Å². The molecule has 1 amide bonds. The predicted octanol–water partition coefficient (Wildman–Crippen LogP) is 3.77. The maximum Gasteiger partial charge on any atom is 0.351 e. The number of halogens is 1. The van der Waals surface area contributed by atoms with Gasteiger partial charge in [0.05, 0.1) is 5.56 Å². The third-order valence-electron chi connectivity index (χ3n) is 4.75. The van der Waals surface area contributed by atoms with Crippen molar-refractivity contribution in [3.8, 4) is 5.75 Å². The largest absolute Gasteiger partial charge is 0.436 e. The van der Waals surface area contributed by atoms with Gasteiger partial charge in [-0.3, -0.25) is 4.79 Å². The molecule has 0 bridgehead atoms. The molecule has 0 radical (unpaired) electrons. The van der Waals surface area contributed by atoms with Gasteiger partial charge in [-0.2, -0.15) is 0 Å². The van der Waals surface area contributed by atoms with Crippen molar-refractivity contribution in [2.75, 3.05) is 0 Å². The van der Waals surface area contributed by atoms with Crippen LogP contribution in [0.4, 0.5) is 0 Å². The molecule has 1 heterocycles. The molecule has 1 aliphatic heterocycles. The van der Waals surface area contributed by atoms with Gasteiger partial charge in [0, 0.05) is 22.6 Å². The van der Waals surface area contributed by atoms with E-state index < -0.39 is 5.97 Å². The Labute approximate surface area is 161 Å². The van der Waals surface area contributed by atoms with E-state index in [2.05, 4.69) is 29.8 Å². The Morgan fingerprint density at radius 2 is 1.92 bits per heavy atom. The average molecular weight is 420 g/mol. The topological polar surface area (TPSA) is 70.0 Å². The molecule has 0 saturated carbocycles. The van der Waals surface area contributed by atoms with Gasteiger partial charge in [-0.1, -0.05) is 35.8 Å². The predicted molar refractivity (Wildman–Crippen MR) is 102 cm³/mol. The summed E-state index contributed by atoms with van der Waals surface area (Å²) in [6.07, 6.45) is 1.80. The molecule has 0 atom stereocenters. The number of fused-ring (bicyclic) bond motifs is 1. The number of hydrogen-bond donors (Lipinski definition) is 2. The highest BCUT2D eigenvalue weighted by Crippen LogP contribution is 2.32. The molecule has 5 nitrogen and oxygen atoms in total. The van der Waals surface area contributed by atoms with E-state index in [4.69, 9.17) is 4.74 Å². The number of amides is 1. The zero-order valence-corrected chi connectivity index (χ0v) is 16.4. The number of carbonyl (C=O) groups excluding carboxylic acids is 1. The second-order valence-electron chi connectivity index (χ2n) is 6.44. The monoisotopic (exact) mass is 419 g/mol. The lowest BCUT2D eigenvalue weighted by Gasteiger charge is -2.25. The van der Waals surface area contributed by atoms with Crippen molar-refractivity contribution in [3.63, 3.8) is 0 Å². The van der Waals surface area contributed by atoms with Crippen LogP contribution in [-0.4, -0.2) is 27.1 Å². The quantitative estimate of drug-likeness (QED) is 0.699. The third kappa shape index (κ3) is 3.63. The van der Waals surface area contributed by atoms with Crippen LogP contribution in [-0.2, 0) is 12.5 Å². The minimum Gasteiger partial charge on any atom is -0.436 e. The van der Waals surface area contributed by atoms with Crippen LogP contribution >= 0.6 is 15.9 Å². The number of aliphatic hydroxyl groups is 2. The standard InChI is InChI=1S/C20H22BrNO4/c1-3-16(4-2)22-12-13-10-17(8-9-18(13)19(22)23)26-20(24,25)14-6-5-7-15(21)11-14/h5-11,16,24-25H,3-4,12H2,1-2H3. The van der Waals surface area contributed by atoms with Gasteiger partial charge in [-0.15, -0.1) is 0 Å². The van der Waals surface area contributed by atoms with Crippen molar-refractivity contribution in [1.29, 1.82) is 0 Å². The molecule has 2 N–H and O–H groups in total. The van der Waals surface area contributed by atoms with Gasteiger partial charge in [0.2, 0.25) is 0 Å². The van der Waals surface area contributed by atoms with Crippen molar-refractivity contribution in [3.05, 3.63) is 63.6 Å². The highest BCUT2D eigenvalue weighted by molar-refractivity contribution is 9.10. The molecule has 138 valence electrons. The van der Waals surface area contributed by atoms with Gasteiger partial charge in [-0.05, 0) is 54.8 Å². The van der Waals surface area contributed by atoms with Gasteiger partial charge in [0.15, 0.2) is 0 Å². The average Bonchev–Trinajstić information content (AvgIpc) is 2.92. The molecule has 0 unspecified atom stereocenters. The lowest BCUT2D eigenvalue weighted by atomic mass is 10.1. The van der Waals surface area contributed by atoms with Crippen LogP contribution < -0.4 is 4.74 Å². The van der Waals surface area contributed by atoms with Gasteiger partial charge in [-0.25, -0.2) is 0 Å². The SMILES string of the molecule is CCC(CC)N1Cc2cc(OC(O)(O)c3cccc(Br)c3)ccc2C1=O. The first-order chi connectivity index (χ1) is 12.4. The highest BCUT2D eigenvalue weighted by atomic mass is 79.9. The highest BCUT2D eigenvalue weighted by Gasteiger charge is 2.33. The first-order valence-electron chi connectivity index (χ1n) is 8.69. The molecule has 1 aliphatic rings. The summed E-state index contributed by atoms with van der Waals surface area (Å²) < 4.78 is 6.13. The van der Waals surface area contributed by atoms with Gasteiger partial charge in [0.1, 0.15) is 5.75 Å². The van der Waals surface area contributed by atoms with E-state index in [-0.39, 0.29) is 17.5 Å². The van der Waals surface area contributed by atoms with Crippen molar-refractivity contribution >= 4 is 21.8 Å². The zero-order chi connectivity index (χ0) is 18.9. The van der Waals surface area contributed by atoms with E-state index in [9.17, 15) is 15.0 Å². The molecule has 6 heteroatoms. The smallest absolute Gasteiger partial charge is 0.351 e. The molecule has 3 rings (SSSR count). The van der Waals surface area contributed by atoms with Crippen LogP contribution in [0.25, 0.3) is 0 Å². The van der Waals surface area contributed by atoms with Crippen LogP contribution in [0.2, 0.25) is 0 Å². The molecule has 26 heavy (non-hydrogen) atoms. The van der Waals surface area contributed by atoms with E-state index in [1.165, 1.54) is 0 Å². The fourth-order valence-electron chi connectivity index (χ4n) is 3.32. The van der Waals surface area contributed by atoms with Gasteiger partial charge >= 0.3 is 5.97 Å². The first-order valence-corrected chi connectivity index (χ1v) is 9.48. The minimum absolute atomic E-state index is 0.0199. The molecule has 0 spiro atoms. The Morgan fingerprint density at radius 1 is 1.19 bits per heavy atom. The van der Waals surface area contributed by atoms with Crippen molar-refractivity contribution in [2.24, 2.45) is 0 Å². The second-order valence-corrected chi connectivity index (χ2v) is 7.36. The molecular weight excluding hydrogens is 398 g/mol. The fourth-order valence-corrected chi connectivity index (χ4v) is 3.72. The first kappa shape index (κ1) is 18.9. The van der Waals surface area contributed by atoms with Crippen LogP contribution in [0.15, 0.2) is 46.9 Å². The third-order valence-corrected chi connectivity index (χ3v) is 5.25. The van der Waals surface area contributed by atoms with E-state index >= 15 is 0 Å². The van der Waals surface area contributed by atoms with Crippen LogP contribution in [0.1, 0.15) is 48.2 Å². The summed E-state index contributed by atoms with van der Waals surface area (Å²) in [6.45, 7) is 4.66. The Balaban J connectivity index is 1.83. The second kappa shape index (κ2) is 7.39. The summed E-state index contributed by atoms with van der Waals surface area (Å²) >= 11 is 3.30. The lowest BCUT2D eigenvalue weighted by molar-refractivity contribution is -0.304. The number of benzene rings is 2. The number of nitrogens with zero attached hydrogens (tertiary/aromatic N) is 1. The molecular formula is C20H22BrNO4. The maximum absolute atomic E-state index is 12.6. The summed E-state index contributed by atoms with van der Waals surface area (Å²) in [6, 6.07) is 11.8. The molecule has 2 aromatic rings.